The standard InChI is InChI=1S/C40H68N4O7/c1-29(7-12-38(49)50)34-10-11-35-33-9-8-30-26-32(13-15-39(30,2)36(33)14-16-40(34,35)3)51-28-37(48)42-18-5-4-6-31(27-47)44(19-17-41)21-20-43(22-24-45)23-25-46/h24-25,27,29-36H,4-23,26,28,41H2,1-3H3,(H,42,48)(H,49,50)/t29?,30-,31+,32-,33?,34-,35?,36?,39+,40-/m1/s1. The predicted molar refractivity (Wildman–Crippen MR) is 197 cm³/mol. The maximum Gasteiger partial charge on any atom is 0.303 e. The summed E-state index contributed by atoms with van der Waals surface area (Å²) in [5.41, 5.74) is 6.47. The number of carbonyl (C=O) groups is 5. The van der Waals surface area contributed by atoms with E-state index in [4.69, 9.17) is 10.5 Å². The summed E-state index contributed by atoms with van der Waals surface area (Å²) in [7, 11) is 0. The Labute approximate surface area is 306 Å². The van der Waals surface area contributed by atoms with Gasteiger partial charge in [0.2, 0.25) is 5.91 Å². The SMILES string of the molecule is CC(CCC(=O)O)[C@H]1CCC2C3CC[C@@H]4C[C@H](OCC(=O)NCCCC[C@@H](C=O)N(CCN)CCN(CC=O)CC=O)CC[C@]4(C)C3CC[C@@]21C. The van der Waals surface area contributed by atoms with E-state index in [-0.39, 0.29) is 44.2 Å². The number of nitrogens with two attached hydrogens (primary N) is 1. The molecule has 0 bridgehead atoms. The third-order valence-electron chi connectivity index (χ3n) is 14.3. The normalized spacial score (nSPS) is 32.7. The van der Waals surface area contributed by atoms with Crippen molar-refractivity contribution in [2.24, 2.45) is 52.1 Å². The molecule has 4 rings (SSSR count). The quantitative estimate of drug-likeness (QED) is 0.103. The molecule has 4 fully saturated rings. The fraction of sp³-hybridized carbons (Fsp3) is 0.875. The smallest absolute Gasteiger partial charge is 0.303 e. The van der Waals surface area contributed by atoms with Crippen molar-refractivity contribution in [1.29, 1.82) is 0 Å². The Morgan fingerprint density at radius 2 is 1.65 bits per heavy atom. The first-order valence-corrected chi connectivity index (χ1v) is 20.1. The van der Waals surface area contributed by atoms with Crippen LogP contribution in [-0.4, -0.2) is 110 Å². The van der Waals surface area contributed by atoms with Gasteiger partial charge in [-0.2, -0.15) is 0 Å². The number of unbranched alkanes of at least 4 members (excludes halogenated alkanes) is 1. The highest BCUT2D eigenvalue weighted by Crippen LogP contribution is 2.68. The van der Waals surface area contributed by atoms with E-state index in [9.17, 15) is 29.1 Å². The molecule has 0 aromatic heterocycles. The molecule has 0 aliphatic heterocycles. The van der Waals surface area contributed by atoms with E-state index in [1.165, 1.54) is 38.5 Å². The Hall–Kier alpha value is -2.21. The summed E-state index contributed by atoms with van der Waals surface area (Å²) in [5.74, 6) is 3.28. The molecule has 11 heteroatoms. The van der Waals surface area contributed by atoms with Gasteiger partial charge in [-0.3, -0.25) is 19.4 Å². The maximum absolute atomic E-state index is 12.7. The number of carboxylic acids is 1. The number of fused-ring (bicyclic) bond motifs is 5. The molecule has 51 heavy (non-hydrogen) atoms. The summed E-state index contributed by atoms with van der Waals surface area (Å²) < 4.78 is 6.23. The van der Waals surface area contributed by atoms with Crippen LogP contribution in [0.3, 0.4) is 0 Å². The Kier molecular flexibility index (Phi) is 16.1. The summed E-state index contributed by atoms with van der Waals surface area (Å²) in [6.07, 6.45) is 16.7. The van der Waals surface area contributed by atoms with Crippen LogP contribution in [0.2, 0.25) is 0 Å². The van der Waals surface area contributed by atoms with Gasteiger partial charge in [0.05, 0.1) is 25.2 Å². The van der Waals surface area contributed by atoms with Gasteiger partial charge >= 0.3 is 5.97 Å². The van der Waals surface area contributed by atoms with E-state index < -0.39 is 5.97 Å². The molecule has 4 aliphatic rings. The highest BCUT2D eigenvalue weighted by Gasteiger charge is 2.60. The van der Waals surface area contributed by atoms with Gasteiger partial charge in [0, 0.05) is 39.1 Å². The molecule has 0 heterocycles. The molecule has 1 amide bonds. The number of ether oxygens (including phenoxy) is 1. The van der Waals surface area contributed by atoms with Crippen molar-refractivity contribution in [2.75, 3.05) is 52.4 Å². The van der Waals surface area contributed by atoms with Gasteiger partial charge in [0.1, 0.15) is 25.5 Å². The number of amides is 1. The molecule has 0 saturated heterocycles. The van der Waals surface area contributed by atoms with Gasteiger partial charge < -0.3 is 35.3 Å². The molecular weight excluding hydrogens is 648 g/mol. The van der Waals surface area contributed by atoms with Gasteiger partial charge in [-0.1, -0.05) is 20.8 Å². The topological polar surface area (TPSA) is 159 Å². The maximum atomic E-state index is 12.7. The summed E-state index contributed by atoms with van der Waals surface area (Å²) in [6.45, 7) is 10.4. The van der Waals surface area contributed by atoms with Crippen LogP contribution in [0.15, 0.2) is 0 Å². The lowest BCUT2D eigenvalue weighted by Crippen LogP contribution is -2.54. The van der Waals surface area contributed by atoms with Gasteiger partial charge in [0.25, 0.3) is 0 Å². The van der Waals surface area contributed by atoms with Crippen LogP contribution in [0.5, 0.6) is 0 Å². The zero-order chi connectivity index (χ0) is 37.0. The van der Waals surface area contributed by atoms with E-state index >= 15 is 0 Å². The van der Waals surface area contributed by atoms with E-state index in [2.05, 4.69) is 26.1 Å². The van der Waals surface area contributed by atoms with Crippen LogP contribution in [0.4, 0.5) is 0 Å². The van der Waals surface area contributed by atoms with E-state index in [1.807, 2.05) is 4.90 Å². The molecule has 0 aromatic rings. The van der Waals surface area contributed by atoms with E-state index in [0.29, 0.717) is 67.7 Å². The molecular formula is C40H68N4O7. The molecule has 11 nitrogen and oxygen atoms in total. The number of hydrogen-bond donors (Lipinski definition) is 3. The third kappa shape index (κ3) is 10.5. The lowest BCUT2D eigenvalue weighted by atomic mass is 9.44. The largest absolute Gasteiger partial charge is 0.481 e. The molecule has 290 valence electrons. The average molecular weight is 717 g/mol. The molecule has 4 saturated carbocycles. The van der Waals surface area contributed by atoms with Crippen LogP contribution >= 0.6 is 0 Å². The van der Waals surface area contributed by atoms with Gasteiger partial charge in [-0.25, -0.2) is 0 Å². The highest BCUT2D eigenvalue weighted by atomic mass is 16.5. The zero-order valence-electron chi connectivity index (χ0n) is 31.8. The second-order valence-corrected chi connectivity index (χ2v) is 17.0. The number of nitrogens with zero attached hydrogens (tertiary/aromatic N) is 2. The second kappa shape index (κ2) is 19.7. The minimum absolute atomic E-state index is 0.0847. The van der Waals surface area contributed by atoms with Crippen molar-refractivity contribution < 1.29 is 33.8 Å². The molecule has 0 spiro atoms. The Balaban J connectivity index is 1.16. The van der Waals surface area contributed by atoms with Crippen LogP contribution in [0.25, 0.3) is 0 Å². The first-order valence-electron chi connectivity index (χ1n) is 20.1. The highest BCUT2D eigenvalue weighted by molar-refractivity contribution is 5.77. The van der Waals surface area contributed by atoms with Gasteiger partial charge in [-0.15, -0.1) is 0 Å². The van der Waals surface area contributed by atoms with Crippen molar-refractivity contribution in [3.63, 3.8) is 0 Å². The summed E-state index contributed by atoms with van der Waals surface area (Å²) in [6, 6.07) is -0.304. The van der Waals surface area contributed by atoms with Gasteiger partial charge in [-0.05, 0) is 130 Å². The second-order valence-electron chi connectivity index (χ2n) is 17.0. The fourth-order valence-electron chi connectivity index (χ4n) is 11.5. The first kappa shape index (κ1) is 41.5. The number of aldehydes is 3. The summed E-state index contributed by atoms with van der Waals surface area (Å²) in [4.78, 5) is 61.5. The average Bonchev–Trinajstić information content (AvgIpc) is 3.47. The van der Waals surface area contributed by atoms with Crippen molar-refractivity contribution in [1.82, 2.24) is 15.1 Å². The van der Waals surface area contributed by atoms with Crippen LogP contribution in [0, 0.1) is 46.3 Å². The number of carboxylic acid groups (broad SMARTS) is 1. The number of carbonyl (C=O) groups excluding carboxylic acids is 4. The first-order chi connectivity index (χ1) is 24.5. The zero-order valence-corrected chi connectivity index (χ0v) is 31.8. The fourth-order valence-corrected chi connectivity index (χ4v) is 11.5. The molecule has 0 aromatic carbocycles. The number of hydrogen-bond acceptors (Lipinski definition) is 9. The monoisotopic (exact) mass is 717 g/mol. The minimum atomic E-state index is -0.674. The number of aliphatic carboxylic acids is 1. The summed E-state index contributed by atoms with van der Waals surface area (Å²) >= 11 is 0. The predicted octanol–water partition coefficient (Wildman–Crippen LogP) is 4.35. The van der Waals surface area contributed by atoms with Crippen LogP contribution in [-0.2, 0) is 28.7 Å². The van der Waals surface area contributed by atoms with Crippen molar-refractivity contribution in [3.8, 4) is 0 Å². The third-order valence-corrected chi connectivity index (χ3v) is 14.3. The van der Waals surface area contributed by atoms with Crippen LogP contribution in [0.1, 0.15) is 111 Å². The number of nitrogens with one attached hydrogen (secondary N) is 1. The van der Waals surface area contributed by atoms with E-state index in [1.54, 1.807) is 4.90 Å². The Morgan fingerprint density at radius 1 is 0.922 bits per heavy atom. The number of rotatable bonds is 23. The molecule has 4 unspecified atom stereocenters. The lowest BCUT2D eigenvalue weighted by Gasteiger charge is -2.61. The Morgan fingerprint density at radius 3 is 2.33 bits per heavy atom. The molecule has 4 N–H and O–H groups in total. The van der Waals surface area contributed by atoms with Gasteiger partial charge in [0.15, 0.2) is 0 Å². The van der Waals surface area contributed by atoms with Crippen molar-refractivity contribution >= 4 is 30.7 Å². The molecule has 0 radical (unpaired) electrons. The molecule has 10 atom stereocenters. The minimum Gasteiger partial charge on any atom is -0.481 e. The van der Waals surface area contributed by atoms with Crippen molar-refractivity contribution in [3.05, 3.63) is 0 Å². The lowest BCUT2D eigenvalue weighted by molar-refractivity contribution is -0.144. The Bertz CT molecular complexity index is 1150. The summed E-state index contributed by atoms with van der Waals surface area (Å²) in [5, 5.41) is 12.3. The van der Waals surface area contributed by atoms with Crippen molar-refractivity contribution in [2.45, 2.75) is 123 Å². The van der Waals surface area contributed by atoms with E-state index in [0.717, 1.165) is 75.1 Å². The van der Waals surface area contributed by atoms with Crippen LogP contribution < -0.4 is 11.1 Å². The molecule has 4 aliphatic carbocycles.